The van der Waals surface area contributed by atoms with Crippen molar-refractivity contribution in [3.8, 4) is 0 Å². The van der Waals surface area contributed by atoms with E-state index in [2.05, 4.69) is 15.5 Å². The summed E-state index contributed by atoms with van der Waals surface area (Å²) in [7, 11) is 0. The third-order valence-electron chi connectivity index (χ3n) is 4.35. The minimum Gasteiger partial charge on any atom is -0.467 e. The van der Waals surface area contributed by atoms with E-state index >= 15 is 0 Å². The first kappa shape index (κ1) is 21.6. The number of rotatable bonds is 9. The molecule has 0 aliphatic rings. The Kier molecular flexibility index (Phi) is 7.29. The smallest absolute Gasteiger partial charge is 0.313 e. The van der Waals surface area contributed by atoms with Crippen LogP contribution in [0.4, 0.5) is 5.69 Å². The normalized spacial score (nSPS) is 11.8. The van der Waals surface area contributed by atoms with Crippen LogP contribution >= 0.6 is 11.8 Å². The number of aryl methyl sites for hydroxylation is 1. The summed E-state index contributed by atoms with van der Waals surface area (Å²) >= 11 is 1.27. The highest BCUT2D eigenvalue weighted by Gasteiger charge is 2.22. The number of amides is 1. The number of esters is 1. The third kappa shape index (κ3) is 5.50. The summed E-state index contributed by atoms with van der Waals surface area (Å²) in [6.45, 7) is 6.14. The van der Waals surface area contributed by atoms with E-state index in [0.717, 1.165) is 11.3 Å². The number of carbonyl (C=O) groups excluding carboxylic acids is 2. The van der Waals surface area contributed by atoms with Crippen molar-refractivity contribution in [2.45, 2.75) is 44.1 Å². The highest BCUT2D eigenvalue weighted by atomic mass is 32.2. The monoisotopic (exact) mass is 428 g/mol. The molecule has 0 bridgehead atoms. The van der Waals surface area contributed by atoms with Crippen LogP contribution in [0.2, 0.25) is 0 Å². The van der Waals surface area contributed by atoms with Crippen LogP contribution in [0.3, 0.4) is 0 Å². The third-order valence-corrected chi connectivity index (χ3v) is 5.43. The zero-order valence-electron chi connectivity index (χ0n) is 17.1. The van der Waals surface area contributed by atoms with Gasteiger partial charge in [0.25, 0.3) is 0 Å². The zero-order chi connectivity index (χ0) is 21.5. The van der Waals surface area contributed by atoms with E-state index < -0.39 is 5.25 Å². The van der Waals surface area contributed by atoms with Gasteiger partial charge in [0, 0.05) is 5.69 Å². The van der Waals surface area contributed by atoms with E-state index in [0.29, 0.717) is 29.9 Å². The maximum Gasteiger partial charge on any atom is 0.313 e. The fourth-order valence-electron chi connectivity index (χ4n) is 2.75. The highest BCUT2D eigenvalue weighted by molar-refractivity contribution is 8.00. The molecule has 158 valence electrons. The first-order chi connectivity index (χ1) is 14.5. The van der Waals surface area contributed by atoms with Gasteiger partial charge in [-0.25, -0.2) is 0 Å². The summed E-state index contributed by atoms with van der Waals surface area (Å²) in [4.78, 5) is 24.6. The van der Waals surface area contributed by atoms with Crippen molar-refractivity contribution in [3.05, 3.63) is 59.8 Å². The molecule has 0 radical (unpaired) electrons. The van der Waals surface area contributed by atoms with Crippen LogP contribution in [0.5, 0.6) is 0 Å². The molecule has 0 aliphatic carbocycles. The average molecular weight is 429 g/mol. The molecule has 1 atom stereocenters. The molecule has 0 aliphatic heterocycles. The van der Waals surface area contributed by atoms with Gasteiger partial charge >= 0.3 is 5.97 Å². The summed E-state index contributed by atoms with van der Waals surface area (Å²) < 4.78 is 12.2. The van der Waals surface area contributed by atoms with Crippen molar-refractivity contribution in [1.29, 1.82) is 0 Å². The van der Waals surface area contributed by atoms with Gasteiger partial charge in [0.1, 0.15) is 18.0 Å². The molecule has 0 spiro atoms. The Labute approximate surface area is 179 Å². The van der Waals surface area contributed by atoms with Crippen molar-refractivity contribution >= 4 is 29.3 Å². The fraction of sp³-hybridized carbons (Fsp3) is 0.333. The Hall–Kier alpha value is -3.07. The van der Waals surface area contributed by atoms with E-state index in [-0.39, 0.29) is 18.3 Å². The Bertz CT molecular complexity index is 1000. The van der Waals surface area contributed by atoms with E-state index in [1.807, 2.05) is 37.3 Å². The number of furan rings is 1. The van der Waals surface area contributed by atoms with Gasteiger partial charge in [0.15, 0.2) is 5.16 Å². The zero-order valence-corrected chi connectivity index (χ0v) is 17.9. The topological polar surface area (TPSA) is 99.3 Å². The van der Waals surface area contributed by atoms with E-state index in [9.17, 15) is 9.59 Å². The lowest BCUT2D eigenvalue weighted by Gasteiger charge is -2.14. The Balaban J connectivity index is 1.76. The molecule has 0 saturated carbocycles. The van der Waals surface area contributed by atoms with Crippen LogP contribution in [0.25, 0.3) is 0 Å². The molecule has 1 amide bonds. The predicted octanol–water partition coefficient (Wildman–Crippen LogP) is 3.45. The number of para-hydroxylation sites is 1. The summed E-state index contributed by atoms with van der Waals surface area (Å²) in [5.41, 5.74) is 1.76. The lowest BCUT2D eigenvalue weighted by molar-refractivity contribution is -0.142. The van der Waals surface area contributed by atoms with Gasteiger partial charge in [-0.1, -0.05) is 30.0 Å². The van der Waals surface area contributed by atoms with E-state index in [1.165, 1.54) is 11.8 Å². The molecule has 1 N–H and O–H groups in total. The summed E-state index contributed by atoms with van der Waals surface area (Å²) in [5, 5.41) is 11.4. The van der Waals surface area contributed by atoms with Gasteiger partial charge < -0.3 is 14.5 Å². The van der Waals surface area contributed by atoms with E-state index in [4.69, 9.17) is 9.15 Å². The number of nitrogens with one attached hydrogen (secondary N) is 1. The number of hydrogen-bond donors (Lipinski definition) is 1. The molecule has 8 nitrogen and oxygen atoms in total. The van der Waals surface area contributed by atoms with Gasteiger partial charge in [-0.15, -0.1) is 10.2 Å². The molecule has 3 rings (SSSR count). The summed E-state index contributed by atoms with van der Waals surface area (Å²) in [6, 6.07) is 11.2. The van der Waals surface area contributed by atoms with Crippen LogP contribution < -0.4 is 5.32 Å². The van der Waals surface area contributed by atoms with Gasteiger partial charge in [0.2, 0.25) is 5.91 Å². The van der Waals surface area contributed by atoms with Gasteiger partial charge in [-0.2, -0.15) is 0 Å². The number of carbonyl (C=O) groups is 2. The SMILES string of the molecule is CCOC(=O)Cc1nnc(SC(C)C(=O)Nc2ccccc2C)n1Cc1ccco1. The Morgan fingerprint density at radius 2 is 2.03 bits per heavy atom. The molecular weight excluding hydrogens is 404 g/mol. The summed E-state index contributed by atoms with van der Waals surface area (Å²) in [6.07, 6.45) is 1.57. The van der Waals surface area contributed by atoms with Crippen molar-refractivity contribution in [1.82, 2.24) is 14.8 Å². The second kappa shape index (κ2) is 10.1. The molecule has 0 saturated heterocycles. The minimum atomic E-state index is -0.431. The molecule has 1 aromatic carbocycles. The number of aromatic nitrogens is 3. The maximum absolute atomic E-state index is 12.7. The molecule has 0 fully saturated rings. The van der Waals surface area contributed by atoms with Crippen LogP contribution in [0, 0.1) is 6.92 Å². The number of ether oxygens (including phenoxy) is 1. The fourth-order valence-corrected chi connectivity index (χ4v) is 3.62. The highest BCUT2D eigenvalue weighted by Crippen LogP contribution is 2.25. The molecule has 2 aromatic heterocycles. The lowest BCUT2D eigenvalue weighted by atomic mass is 10.2. The van der Waals surface area contributed by atoms with Crippen LogP contribution in [-0.2, 0) is 27.3 Å². The Morgan fingerprint density at radius 1 is 1.23 bits per heavy atom. The van der Waals surface area contributed by atoms with Crippen molar-refractivity contribution in [3.63, 3.8) is 0 Å². The number of thioether (sulfide) groups is 1. The molecular formula is C21H24N4O4S. The van der Waals surface area contributed by atoms with Crippen molar-refractivity contribution in [2.75, 3.05) is 11.9 Å². The molecule has 2 heterocycles. The molecule has 1 unspecified atom stereocenters. The largest absolute Gasteiger partial charge is 0.467 e. The first-order valence-electron chi connectivity index (χ1n) is 9.61. The van der Waals surface area contributed by atoms with Crippen LogP contribution in [-0.4, -0.2) is 38.5 Å². The number of hydrogen-bond acceptors (Lipinski definition) is 7. The first-order valence-corrected chi connectivity index (χ1v) is 10.5. The van der Waals surface area contributed by atoms with Gasteiger partial charge in [-0.05, 0) is 44.5 Å². The maximum atomic E-state index is 12.7. The average Bonchev–Trinajstić information content (AvgIpc) is 3.35. The molecule has 3 aromatic rings. The standard InChI is InChI=1S/C21H24N4O4S/c1-4-28-19(26)12-18-23-24-21(25(18)13-16-9-7-11-29-16)30-15(3)20(27)22-17-10-6-5-8-14(17)2/h5-11,15H,4,12-13H2,1-3H3,(H,22,27). The molecule has 30 heavy (non-hydrogen) atoms. The van der Waals surface area contributed by atoms with Crippen molar-refractivity contribution in [2.24, 2.45) is 0 Å². The minimum absolute atomic E-state index is 0.00804. The summed E-state index contributed by atoms with van der Waals surface area (Å²) in [5.74, 6) is 0.624. The predicted molar refractivity (Wildman–Crippen MR) is 113 cm³/mol. The second-order valence-electron chi connectivity index (χ2n) is 6.61. The quantitative estimate of drug-likeness (QED) is 0.412. The van der Waals surface area contributed by atoms with Crippen LogP contribution in [0.1, 0.15) is 31.0 Å². The molecule has 9 heteroatoms. The number of benzene rings is 1. The lowest BCUT2D eigenvalue weighted by Crippen LogP contribution is -2.23. The van der Waals surface area contributed by atoms with E-state index in [1.54, 1.807) is 30.7 Å². The van der Waals surface area contributed by atoms with Gasteiger partial charge in [-0.3, -0.25) is 14.2 Å². The van der Waals surface area contributed by atoms with Crippen LogP contribution in [0.15, 0.2) is 52.2 Å². The van der Waals surface area contributed by atoms with Crippen molar-refractivity contribution < 1.29 is 18.7 Å². The van der Waals surface area contributed by atoms with Gasteiger partial charge in [0.05, 0.1) is 24.7 Å². The number of anilines is 1. The number of nitrogens with zero attached hydrogens (tertiary/aromatic N) is 3. The Morgan fingerprint density at radius 3 is 2.73 bits per heavy atom. The second-order valence-corrected chi connectivity index (χ2v) is 7.92.